The summed E-state index contributed by atoms with van der Waals surface area (Å²) in [5.74, 6) is 9.45. The van der Waals surface area contributed by atoms with Crippen LogP contribution in [-0.4, -0.2) is 26.2 Å². The number of rotatable bonds is 4. The van der Waals surface area contributed by atoms with E-state index >= 15 is 0 Å². The minimum Gasteiger partial charge on any atom is -0.293 e. The van der Waals surface area contributed by atoms with E-state index in [0.29, 0.717) is 17.1 Å². The van der Waals surface area contributed by atoms with Gasteiger partial charge < -0.3 is 0 Å². The molecule has 0 bridgehead atoms. The van der Waals surface area contributed by atoms with Gasteiger partial charge in [-0.3, -0.25) is 20.4 Å². The number of nitrogens with one attached hydrogen (secondary N) is 2. The number of hydrazine groups is 2. The Morgan fingerprint density at radius 3 is 2.36 bits per heavy atom. The van der Waals surface area contributed by atoms with Gasteiger partial charge in [-0.2, -0.15) is 5.10 Å². The lowest BCUT2D eigenvalue weighted by atomic mass is 10.2. The molecule has 10 nitrogen and oxygen atoms in total. The molecule has 1 heterocycles. The van der Waals surface area contributed by atoms with E-state index in [2.05, 4.69) is 5.10 Å². The van der Waals surface area contributed by atoms with Crippen molar-refractivity contribution in [2.24, 2.45) is 11.7 Å². The number of aromatic nitrogens is 3. The van der Waals surface area contributed by atoms with E-state index in [4.69, 9.17) is 11.7 Å². The number of nitrogens with zero attached hydrogens (tertiary/aromatic N) is 3. The molecule has 6 N–H and O–H groups in total. The van der Waals surface area contributed by atoms with E-state index in [1.807, 2.05) is 10.9 Å². The normalized spacial score (nSPS) is 10.3. The van der Waals surface area contributed by atoms with Gasteiger partial charge in [0.1, 0.15) is 12.4 Å². The van der Waals surface area contributed by atoms with Crippen molar-refractivity contribution in [2.45, 2.75) is 13.5 Å². The molecule has 116 valence electrons. The van der Waals surface area contributed by atoms with Crippen molar-refractivity contribution >= 4 is 11.8 Å². The number of nitrogen functional groups attached to an aromatic ring is 1. The summed E-state index contributed by atoms with van der Waals surface area (Å²) < 4.78 is 2.31. The molecule has 22 heavy (non-hydrogen) atoms. The Bertz CT molecular complexity index is 760. The second-order valence-electron chi connectivity index (χ2n) is 4.41. The molecule has 0 aliphatic rings. The van der Waals surface area contributed by atoms with Crippen LogP contribution in [0.2, 0.25) is 0 Å². The Labute approximate surface area is 124 Å². The van der Waals surface area contributed by atoms with Gasteiger partial charge in [0, 0.05) is 5.56 Å². The summed E-state index contributed by atoms with van der Waals surface area (Å²) in [5, 5.41) is 4.00. The Hall–Kier alpha value is -2.98. The molecule has 1 aromatic heterocycles. The minimum atomic E-state index is -0.540. The zero-order chi connectivity index (χ0) is 16.3. The van der Waals surface area contributed by atoms with E-state index < -0.39 is 17.5 Å². The van der Waals surface area contributed by atoms with Gasteiger partial charge in [-0.25, -0.2) is 25.7 Å². The van der Waals surface area contributed by atoms with Crippen LogP contribution in [0.3, 0.4) is 0 Å². The first-order chi connectivity index (χ1) is 10.5. The molecule has 1 aromatic carbocycles. The number of carbonyl (C=O) groups is 2. The minimum absolute atomic E-state index is 0.281. The molecule has 0 atom stereocenters. The highest BCUT2D eigenvalue weighted by Gasteiger charge is 2.14. The molecule has 10 heteroatoms. The third-order valence-corrected chi connectivity index (χ3v) is 2.97. The Kier molecular flexibility index (Phi) is 4.34. The largest absolute Gasteiger partial charge is 0.351 e. The van der Waals surface area contributed by atoms with E-state index in [1.54, 1.807) is 19.1 Å². The number of hydrogen-bond acceptors (Lipinski definition) is 6. The maximum Gasteiger partial charge on any atom is 0.351 e. The number of aryl methyl sites for hydroxylation is 1. The van der Waals surface area contributed by atoms with Gasteiger partial charge in [-0.05, 0) is 31.2 Å². The summed E-state index contributed by atoms with van der Waals surface area (Å²) >= 11 is 0. The monoisotopic (exact) mass is 305 g/mol. The van der Waals surface area contributed by atoms with Gasteiger partial charge in [0.05, 0.1) is 5.69 Å². The quantitative estimate of drug-likeness (QED) is 0.290. The predicted octanol–water partition coefficient (Wildman–Crippen LogP) is -2.06. The van der Waals surface area contributed by atoms with E-state index in [9.17, 15) is 14.4 Å². The molecule has 0 spiro atoms. The number of benzene rings is 1. The molecular weight excluding hydrogens is 290 g/mol. The van der Waals surface area contributed by atoms with Crippen molar-refractivity contribution in [1.82, 2.24) is 25.2 Å². The summed E-state index contributed by atoms with van der Waals surface area (Å²) in [4.78, 5) is 34.9. The Balaban J connectivity index is 2.39. The highest BCUT2D eigenvalue weighted by molar-refractivity contribution is 5.93. The van der Waals surface area contributed by atoms with Crippen molar-refractivity contribution in [3.63, 3.8) is 0 Å². The Morgan fingerprint density at radius 2 is 1.82 bits per heavy atom. The van der Waals surface area contributed by atoms with E-state index in [-0.39, 0.29) is 6.54 Å². The fourth-order valence-electron chi connectivity index (χ4n) is 1.94. The molecule has 0 aliphatic heterocycles. The van der Waals surface area contributed by atoms with Crippen molar-refractivity contribution in [2.75, 3.05) is 0 Å². The van der Waals surface area contributed by atoms with Crippen molar-refractivity contribution in [3.8, 4) is 5.69 Å². The first-order valence-electron chi connectivity index (χ1n) is 6.25. The molecule has 0 saturated heterocycles. The highest BCUT2D eigenvalue weighted by atomic mass is 16.2. The lowest BCUT2D eigenvalue weighted by Gasteiger charge is -2.04. The van der Waals surface area contributed by atoms with Gasteiger partial charge in [-0.15, -0.1) is 0 Å². The fraction of sp³-hybridized carbons (Fsp3) is 0.167. The summed E-state index contributed by atoms with van der Waals surface area (Å²) in [7, 11) is 0. The van der Waals surface area contributed by atoms with E-state index in [1.165, 1.54) is 16.7 Å². The number of amides is 2. The molecule has 2 rings (SSSR count). The van der Waals surface area contributed by atoms with Gasteiger partial charge in [-0.1, -0.05) is 0 Å². The number of nitrogens with two attached hydrogens (primary N) is 2. The average molecular weight is 305 g/mol. The highest BCUT2D eigenvalue weighted by Crippen LogP contribution is 2.09. The van der Waals surface area contributed by atoms with Gasteiger partial charge in [0.25, 0.3) is 11.8 Å². The van der Waals surface area contributed by atoms with Crippen molar-refractivity contribution in [1.29, 1.82) is 0 Å². The molecule has 0 unspecified atom stereocenters. The molecule has 0 radical (unpaired) electrons. The third kappa shape index (κ3) is 2.87. The lowest BCUT2D eigenvalue weighted by Crippen LogP contribution is -2.37. The van der Waals surface area contributed by atoms with Crippen LogP contribution in [0.15, 0.2) is 29.1 Å². The second kappa shape index (κ2) is 6.20. The molecule has 2 aromatic rings. The lowest BCUT2D eigenvalue weighted by molar-refractivity contribution is -0.121. The van der Waals surface area contributed by atoms with E-state index in [0.717, 1.165) is 4.68 Å². The van der Waals surface area contributed by atoms with Crippen LogP contribution in [0.1, 0.15) is 16.2 Å². The topological polar surface area (TPSA) is 150 Å². The van der Waals surface area contributed by atoms with Crippen molar-refractivity contribution < 1.29 is 9.59 Å². The van der Waals surface area contributed by atoms with Crippen LogP contribution in [0.25, 0.3) is 5.69 Å². The molecule has 2 amide bonds. The van der Waals surface area contributed by atoms with Crippen LogP contribution in [0.5, 0.6) is 0 Å². The first kappa shape index (κ1) is 15.4. The number of hydrogen-bond donors (Lipinski definition) is 4. The summed E-state index contributed by atoms with van der Waals surface area (Å²) in [6.45, 7) is 1.34. The third-order valence-electron chi connectivity index (χ3n) is 2.97. The van der Waals surface area contributed by atoms with Crippen LogP contribution in [0.4, 0.5) is 0 Å². The fourth-order valence-corrected chi connectivity index (χ4v) is 1.94. The summed E-state index contributed by atoms with van der Waals surface area (Å²) in [6, 6.07) is 6.20. The van der Waals surface area contributed by atoms with Crippen LogP contribution in [0, 0.1) is 6.92 Å². The SMILES string of the molecule is Cc1nn(CC(=O)NN)c(=O)n1-c1ccc(C(=O)NN)cc1. The van der Waals surface area contributed by atoms with Gasteiger partial charge >= 0.3 is 5.69 Å². The summed E-state index contributed by atoms with van der Waals surface area (Å²) in [5.41, 5.74) is 4.32. The smallest absolute Gasteiger partial charge is 0.293 e. The number of carbonyl (C=O) groups excluding carboxylic acids is 2. The molecule has 0 fully saturated rings. The van der Waals surface area contributed by atoms with Gasteiger partial charge in [0.2, 0.25) is 0 Å². The maximum atomic E-state index is 12.3. The van der Waals surface area contributed by atoms with Crippen LogP contribution in [-0.2, 0) is 11.3 Å². The standard InChI is InChI=1S/C12H15N7O3/c1-7-17-18(6-10(20)15-13)12(22)19(7)9-4-2-8(3-5-9)11(21)16-14/h2-5H,6,13-14H2,1H3,(H,15,20)(H,16,21). The molecule has 0 aliphatic carbocycles. The second-order valence-corrected chi connectivity index (χ2v) is 4.41. The summed E-state index contributed by atoms with van der Waals surface area (Å²) in [6.07, 6.45) is 0. The zero-order valence-corrected chi connectivity index (χ0v) is 11.7. The molecule has 0 saturated carbocycles. The maximum absolute atomic E-state index is 12.3. The van der Waals surface area contributed by atoms with Crippen LogP contribution >= 0.6 is 0 Å². The van der Waals surface area contributed by atoms with Gasteiger partial charge in [0.15, 0.2) is 0 Å². The van der Waals surface area contributed by atoms with Crippen molar-refractivity contribution in [3.05, 3.63) is 46.1 Å². The average Bonchev–Trinajstić information content (AvgIpc) is 2.80. The van der Waals surface area contributed by atoms with Crippen LogP contribution < -0.4 is 28.2 Å². The molecular formula is C12H15N7O3. The Morgan fingerprint density at radius 1 is 1.18 bits per heavy atom. The zero-order valence-electron chi connectivity index (χ0n) is 11.7. The first-order valence-corrected chi connectivity index (χ1v) is 6.25. The predicted molar refractivity (Wildman–Crippen MR) is 76.5 cm³/mol.